The van der Waals surface area contributed by atoms with Gasteiger partial charge in [-0.05, 0) is 67.1 Å². The van der Waals surface area contributed by atoms with Crippen LogP contribution >= 0.6 is 0 Å². The number of hydrogen-bond acceptors (Lipinski definition) is 3. The molecule has 2 aromatic carbocycles. The Hall–Kier alpha value is -2.82. The molecular weight excluding hydrogens is 352 g/mol. The molecule has 0 saturated heterocycles. The number of carbonyl (C=O) groups is 2. The zero-order valence-corrected chi connectivity index (χ0v) is 16.2. The van der Waals surface area contributed by atoms with E-state index in [0.29, 0.717) is 19.6 Å². The quantitative estimate of drug-likeness (QED) is 0.836. The fourth-order valence-electron chi connectivity index (χ4n) is 3.67. The van der Waals surface area contributed by atoms with Gasteiger partial charge in [-0.25, -0.2) is 0 Å². The molecule has 28 heavy (non-hydrogen) atoms. The third kappa shape index (κ3) is 4.35. The summed E-state index contributed by atoms with van der Waals surface area (Å²) in [5.74, 6) is 1.30. The average molecular weight is 378 g/mol. The van der Waals surface area contributed by atoms with Crippen molar-refractivity contribution in [2.75, 3.05) is 18.5 Å². The van der Waals surface area contributed by atoms with E-state index in [2.05, 4.69) is 11.4 Å². The van der Waals surface area contributed by atoms with Crippen LogP contribution in [0.1, 0.15) is 36.5 Å². The predicted octanol–water partition coefficient (Wildman–Crippen LogP) is 3.56. The number of nitrogens with zero attached hydrogens (tertiary/aromatic N) is 1. The van der Waals surface area contributed by atoms with Gasteiger partial charge in [0.2, 0.25) is 11.8 Å². The number of carbonyl (C=O) groups excluding carboxylic acids is 2. The lowest BCUT2D eigenvalue weighted by atomic mass is 9.98. The van der Waals surface area contributed by atoms with E-state index in [1.165, 1.54) is 5.56 Å². The summed E-state index contributed by atoms with van der Waals surface area (Å²) in [6.07, 6.45) is 3.26. The highest BCUT2D eigenvalue weighted by atomic mass is 16.5. The largest absolute Gasteiger partial charge is 0.494 e. The zero-order valence-electron chi connectivity index (χ0n) is 16.2. The monoisotopic (exact) mass is 378 g/mol. The third-order valence-electron chi connectivity index (χ3n) is 5.34. The molecule has 1 N–H and O–H groups in total. The molecule has 0 unspecified atom stereocenters. The van der Waals surface area contributed by atoms with Crippen molar-refractivity contribution in [1.82, 2.24) is 4.90 Å². The molecule has 5 nitrogen and oxygen atoms in total. The summed E-state index contributed by atoms with van der Waals surface area (Å²) >= 11 is 0. The van der Waals surface area contributed by atoms with Gasteiger partial charge in [-0.3, -0.25) is 9.59 Å². The normalized spacial score (nSPS) is 15.7. The number of ether oxygens (including phenoxy) is 1. The van der Waals surface area contributed by atoms with Crippen molar-refractivity contribution in [1.29, 1.82) is 0 Å². The van der Waals surface area contributed by atoms with Crippen LogP contribution in [0.2, 0.25) is 0 Å². The Morgan fingerprint density at radius 1 is 1.11 bits per heavy atom. The molecule has 1 aliphatic heterocycles. The summed E-state index contributed by atoms with van der Waals surface area (Å²) in [6, 6.07) is 13.6. The fourth-order valence-corrected chi connectivity index (χ4v) is 3.67. The third-order valence-corrected chi connectivity index (χ3v) is 5.34. The van der Waals surface area contributed by atoms with E-state index in [9.17, 15) is 9.59 Å². The van der Waals surface area contributed by atoms with Crippen molar-refractivity contribution in [3.63, 3.8) is 0 Å². The van der Waals surface area contributed by atoms with Crippen molar-refractivity contribution in [3.05, 3.63) is 59.2 Å². The maximum atomic E-state index is 12.4. The SMILES string of the molecule is CCOc1ccc(CC(=O)Nc2ccc3c(c2)CN(C(=O)C2CC2)CC3)cc1. The topological polar surface area (TPSA) is 58.6 Å². The first-order chi connectivity index (χ1) is 13.6. The summed E-state index contributed by atoms with van der Waals surface area (Å²) in [7, 11) is 0. The van der Waals surface area contributed by atoms with Gasteiger partial charge in [0, 0.05) is 24.7 Å². The molecule has 1 fully saturated rings. The Balaban J connectivity index is 1.37. The molecule has 0 aromatic heterocycles. The first-order valence-electron chi connectivity index (χ1n) is 10.0. The molecular formula is C23H26N2O3. The summed E-state index contributed by atoms with van der Waals surface area (Å²) in [4.78, 5) is 26.7. The van der Waals surface area contributed by atoms with Crippen molar-refractivity contribution in [2.45, 2.75) is 39.2 Å². The highest BCUT2D eigenvalue weighted by Gasteiger charge is 2.34. The second kappa shape index (κ2) is 8.05. The molecule has 2 aliphatic rings. The summed E-state index contributed by atoms with van der Waals surface area (Å²) in [5, 5.41) is 2.99. The van der Waals surface area contributed by atoms with E-state index >= 15 is 0 Å². The van der Waals surface area contributed by atoms with Gasteiger partial charge < -0.3 is 15.0 Å². The second-order valence-corrected chi connectivity index (χ2v) is 7.57. The Labute approximate surface area is 165 Å². The molecule has 5 heteroatoms. The number of amides is 2. The molecule has 146 valence electrons. The highest BCUT2D eigenvalue weighted by Crippen LogP contribution is 2.33. The molecule has 2 aromatic rings. The minimum Gasteiger partial charge on any atom is -0.494 e. The standard InChI is InChI=1S/C23H26N2O3/c1-2-28-21-9-3-16(4-10-21)13-22(26)24-20-8-7-17-11-12-25(15-19(17)14-20)23(27)18-5-6-18/h3-4,7-10,14,18H,2,5-6,11-13,15H2,1H3,(H,24,26). The number of nitrogens with one attached hydrogen (secondary N) is 1. The predicted molar refractivity (Wildman–Crippen MR) is 108 cm³/mol. The van der Waals surface area contributed by atoms with E-state index in [1.54, 1.807) is 0 Å². The molecule has 0 bridgehead atoms. The number of fused-ring (bicyclic) bond motifs is 1. The van der Waals surface area contributed by atoms with Gasteiger partial charge in [-0.15, -0.1) is 0 Å². The smallest absolute Gasteiger partial charge is 0.228 e. The Morgan fingerprint density at radius 2 is 1.89 bits per heavy atom. The first kappa shape index (κ1) is 18.5. The maximum Gasteiger partial charge on any atom is 0.228 e. The molecule has 0 spiro atoms. The van der Waals surface area contributed by atoms with E-state index in [1.807, 2.05) is 48.2 Å². The highest BCUT2D eigenvalue weighted by molar-refractivity contribution is 5.92. The number of rotatable bonds is 6. The van der Waals surface area contributed by atoms with Crippen molar-refractivity contribution in [3.8, 4) is 5.75 Å². The Morgan fingerprint density at radius 3 is 2.61 bits per heavy atom. The molecule has 1 heterocycles. The van der Waals surface area contributed by atoms with Gasteiger partial charge >= 0.3 is 0 Å². The Kier molecular flexibility index (Phi) is 5.33. The summed E-state index contributed by atoms with van der Waals surface area (Å²) in [6.45, 7) is 4.02. The van der Waals surface area contributed by atoms with Gasteiger partial charge in [-0.2, -0.15) is 0 Å². The van der Waals surface area contributed by atoms with Crippen LogP contribution in [0.4, 0.5) is 5.69 Å². The lowest BCUT2D eigenvalue weighted by molar-refractivity contribution is -0.133. The van der Waals surface area contributed by atoms with Gasteiger partial charge in [0.15, 0.2) is 0 Å². The number of hydrogen-bond donors (Lipinski definition) is 1. The van der Waals surface area contributed by atoms with Crippen LogP contribution in [0.5, 0.6) is 5.75 Å². The van der Waals surface area contributed by atoms with E-state index < -0.39 is 0 Å². The van der Waals surface area contributed by atoms with Gasteiger partial charge in [-0.1, -0.05) is 18.2 Å². The van der Waals surface area contributed by atoms with Crippen LogP contribution in [-0.2, 0) is 29.0 Å². The van der Waals surface area contributed by atoms with Crippen LogP contribution in [0.25, 0.3) is 0 Å². The van der Waals surface area contributed by atoms with Crippen molar-refractivity contribution < 1.29 is 14.3 Å². The minimum atomic E-state index is -0.0502. The second-order valence-electron chi connectivity index (χ2n) is 7.57. The van der Waals surface area contributed by atoms with Crippen LogP contribution in [0.15, 0.2) is 42.5 Å². The number of anilines is 1. The van der Waals surface area contributed by atoms with Gasteiger partial charge in [0.05, 0.1) is 13.0 Å². The van der Waals surface area contributed by atoms with Gasteiger partial charge in [0.25, 0.3) is 0 Å². The Bertz CT molecular complexity index is 872. The van der Waals surface area contributed by atoms with Crippen LogP contribution < -0.4 is 10.1 Å². The molecule has 0 radical (unpaired) electrons. The molecule has 4 rings (SSSR count). The first-order valence-corrected chi connectivity index (χ1v) is 10.0. The van der Waals surface area contributed by atoms with Crippen LogP contribution in [-0.4, -0.2) is 29.9 Å². The minimum absolute atomic E-state index is 0.0502. The van der Waals surface area contributed by atoms with Crippen LogP contribution in [0, 0.1) is 5.92 Å². The van der Waals surface area contributed by atoms with Gasteiger partial charge in [0.1, 0.15) is 5.75 Å². The van der Waals surface area contributed by atoms with Crippen molar-refractivity contribution in [2.24, 2.45) is 5.92 Å². The lowest BCUT2D eigenvalue weighted by Crippen LogP contribution is -2.36. The van der Waals surface area contributed by atoms with Crippen molar-refractivity contribution >= 4 is 17.5 Å². The summed E-state index contributed by atoms with van der Waals surface area (Å²) in [5.41, 5.74) is 4.14. The number of benzene rings is 2. The molecule has 0 atom stereocenters. The fraction of sp³-hybridized carbons (Fsp3) is 0.391. The maximum absolute atomic E-state index is 12.4. The summed E-state index contributed by atoms with van der Waals surface area (Å²) < 4.78 is 5.43. The molecule has 2 amide bonds. The van der Waals surface area contributed by atoms with E-state index in [0.717, 1.165) is 48.4 Å². The lowest BCUT2D eigenvalue weighted by Gasteiger charge is -2.29. The average Bonchev–Trinajstić information content (AvgIpc) is 3.54. The van der Waals surface area contributed by atoms with Crippen LogP contribution in [0.3, 0.4) is 0 Å². The van der Waals surface area contributed by atoms with E-state index in [4.69, 9.17) is 4.74 Å². The molecule has 1 saturated carbocycles. The molecule has 1 aliphatic carbocycles. The zero-order chi connectivity index (χ0) is 19.5. The van der Waals surface area contributed by atoms with E-state index in [-0.39, 0.29) is 17.7 Å².